The van der Waals surface area contributed by atoms with Gasteiger partial charge in [-0.3, -0.25) is 4.79 Å². The molecule has 1 saturated heterocycles. The molecule has 3 rings (SSSR count). The van der Waals surface area contributed by atoms with Crippen LogP contribution in [0.3, 0.4) is 0 Å². The predicted molar refractivity (Wildman–Crippen MR) is 86.8 cm³/mol. The summed E-state index contributed by atoms with van der Waals surface area (Å²) in [5, 5.41) is 5.01. The molecule has 5 nitrogen and oxygen atoms in total. The molecule has 2 aromatic rings. The van der Waals surface area contributed by atoms with E-state index in [0.717, 1.165) is 29.2 Å². The van der Waals surface area contributed by atoms with Crippen molar-refractivity contribution in [3.8, 4) is 0 Å². The molecule has 0 aliphatic carbocycles. The van der Waals surface area contributed by atoms with Crippen molar-refractivity contribution in [2.75, 3.05) is 18.8 Å². The number of anilines is 1. The van der Waals surface area contributed by atoms with Crippen LogP contribution in [-0.2, 0) is 11.3 Å². The number of benzene rings is 1. The predicted octanol–water partition coefficient (Wildman–Crippen LogP) is 2.44. The third-order valence-electron chi connectivity index (χ3n) is 4.10. The maximum Gasteiger partial charge on any atom is 0.244 e. The molecule has 0 radical (unpaired) electrons. The van der Waals surface area contributed by atoms with Crippen LogP contribution in [0.1, 0.15) is 23.6 Å². The van der Waals surface area contributed by atoms with E-state index >= 15 is 0 Å². The standard InChI is InChI=1S/C16H19ClN4O/c1-11-8-15(18)21(19-11)10-16(22)20-7-6-12(9-20)13-4-2-3-5-14(13)17/h2-5,8,12H,6-7,9-10,18H2,1H3/t12-/m1/s1. The number of nitrogen functional groups attached to an aromatic ring is 1. The summed E-state index contributed by atoms with van der Waals surface area (Å²) < 4.78 is 1.56. The Morgan fingerprint density at radius 2 is 2.23 bits per heavy atom. The Bertz CT molecular complexity index is 697. The van der Waals surface area contributed by atoms with Crippen LogP contribution in [0.25, 0.3) is 0 Å². The van der Waals surface area contributed by atoms with E-state index in [1.165, 1.54) is 0 Å². The zero-order chi connectivity index (χ0) is 15.7. The summed E-state index contributed by atoms with van der Waals surface area (Å²) in [6.45, 7) is 3.49. The minimum absolute atomic E-state index is 0.0457. The summed E-state index contributed by atoms with van der Waals surface area (Å²) >= 11 is 6.25. The van der Waals surface area contributed by atoms with Gasteiger partial charge < -0.3 is 10.6 Å². The Hall–Kier alpha value is -2.01. The molecule has 1 amide bonds. The number of amides is 1. The van der Waals surface area contributed by atoms with Gasteiger partial charge in [0, 0.05) is 30.1 Å². The van der Waals surface area contributed by atoms with Crippen LogP contribution in [-0.4, -0.2) is 33.7 Å². The summed E-state index contributed by atoms with van der Waals surface area (Å²) in [7, 11) is 0. The molecule has 1 aliphatic rings. The average Bonchev–Trinajstić information content (AvgIpc) is 3.07. The van der Waals surface area contributed by atoms with E-state index < -0.39 is 0 Å². The van der Waals surface area contributed by atoms with Gasteiger partial charge in [-0.05, 0) is 25.0 Å². The van der Waals surface area contributed by atoms with E-state index in [9.17, 15) is 4.79 Å². The molecule has 1 aliphatic heterocycles. The fraction of sp³-hybridized carbons (Fsp3) is 0.375. The van der Waals surface area contributed by atoms with Crippen molar-refractivity contribution in [3.63, 3.8) is 0 Å². The van der Waals surface area contributed by atoms with Crippen LogP contribution in [0.4, 0.5) is 5.82 Å². The molecule has 116 valence electrons. The largest absolute Gasteiger partial charge is 0.384 e. The minimum atomic E-state index is 0.0457. The lowest BCUT2D eigenvalue weighted by molar-refractivity contribution is -0.130. The number of carbonyl (C=O) groups excluding carboxylic acids is 1. The highest BCUT2D eigenvalue weighted by Gasteiger charge is 2.28. The van der Waals surface area contributed by atoms with Crippen LogP contribution >= 0.6 is 11.6 Å². The molecule has 0 spiro atoms. The molecule has 22 heavy (non-hydrogen) atoms. The summed E-state index contributed by atoms with van der Waals surface area (Å²) in [5.74, 6) is 0.867. The van der Waals surface area contributed by atoms with Gasteiger partial charge in [0.15, 0.2) is 0 Å². The van der Waals surface area contributed by atoms with Gasteiger partial charge in [-0.2, -0.15) is 5.10 Å². The first-order valence-electron chi connectivity index (χ1n) is 7.36. The third kappa shape index (κ3) is 2.95. The Morgan fingerprint density at radius 3 is 2.91 bits per heavy atom. The van der Waals surface area contributed by atoms with Crippen molar-refractivity contribution in [2.45, 2.75) is 25.8 Å². The van der Waals surface area contributed by atoms with Gasteiger partial charge in [-0.25, -0.2) is 4.68 Å². The molecule has 1 aromatic heterocycles. The van der Waals surface area contributed by atoms with Crippen LogP contribution in [0.5, 0.6) is 0 Å². The maximum absolute atomic E-state index is 12.4. The summed E-state index contributed by atoms with van der Waals surface area (Å²) in [6, 6.07) is 9.61. The van der Waals surface area contributed by atoms with Crippen molar-refractivity contribution in [3.05, 3.63) is 46.6 Å². The smallest absolute Gasteiger partial charge is 0.244 e. The van der Waals surface area contributed by atoms with Crippen molar-refractivity contribution < 1.29 is 4.79 Å². The number of likely N-dealkylation sites (tertiary alicyclic amines) is 1. The van der Waals surface area contributed by atoms with E-state index in [1.807, 2.05) is 36.1 Å². The number of rotatable bonds is 3. The molecule has 0 bridgehead atoms. The minimum Gasteiger partial charge on any atom is -0.384 e. The normalized spacial score (nSPS) is 17.9. The molecule has 1 aromatic carbocycles. The van der Waals surface area contributed by atoms with Crippen molar-refractivity contribution in [2.24, 2.45) is 0 Å². The van der Waals surface area contributed by atoms with E-state index in [2.05, 4.69) is 5.10 Å². The monoisotopic (exact) mass is 318 g/mol. The van der Waals surface area contributed by atoms with Gasteiger partial charge in [0.25, 0.3) is 0 Å². The lowest BCUT2D eigenvalue weighted by Gasteiger charge is -2.17. The second-order valence-electron chi connectivity index (χ2n) is 5.72. The van der Waals surface area contributed by atoms with Gasteiger partial charge in [0.1, 0.15) is 12.4 Å². The third-order valence-corrected chi connectivity index (χ3v) is 4.45. The highest BCUT2D eigenvalue weighted by atomic mass is 35.5. The first-order chi connectivity index (χ1) is 10.5. The zero-order valence-electron chi connectivity index (χ0n) is 12.5. The van der Waals surface area contributed by atoms with Crippen LogP contribution in [0, 0.1) is 6.92 Å². The Balaban J connectivity index is 1.66. The fourth-order valence-electron chi connectivity index (χ4n) is 2.97. The van der Waals surface area contributed by atoms with E-state index in [0.29, 0.717) is 18.3 Å². The summed E-state index contributed by atoms with van der Waals surface area (Å²) in [6.07, 6.45) is 0.934. The maximum atomic E-state index is 12.4. The van der Waals surface area contributed by atoms with Crippen LogP contribution < -0.4 is 5.73 Å². The topological polar surface area (TPSA) is 64.2 Å². The Kier molecular flexibility index (Phi) is 4.07. The van der Waals surface area contributed by atoms with Gasteiger partial charge in [0.2, 0.25) is 5.91 Å². The average molecular weight is 319 g/mol. The van der Waals surface area contributed by atoms with E-state index in [-0.39, 0.29) is 12.5 Å². The van der Waals surface area contributed by atoms with Crippen LogP contribution in [0.2, 0.25) is 5.02 Å². The molecule has 6 heteroatoms. The van der Waals surface area contributed by atoms with Gasteiger partial charge in [-0.15, -0.1) is 0 Å². The van der Waals surface area contributed by atoms with Crippen molar-refractivity contribution >= 4 is 23.3 Å². The number of halogens is 1. The number of nitrogens with zero attached hydrogens (tertiary/aromatic N) is 3. The molecule has 2 heterocycles. The lowest BCUT2D eigenvalue weighted by Crippen LogP contribution is -2.32. The molecular weight excluding hydrogens is 300 g/mol. The number of aryl methyl sites for hydroxylation is 1. The number of nitrogens with two attached hydrogens (primary N) is 1. The molecule has 2 N–H and O–H groups in total. The molecule has 0 saturated carbocycles. The van der Waals surface area contributed by atoms with Gasteiger partial charge in [0.05, 0.1) is 5.69 Å². The second kappa shape index (κ2) is 6.01. The van der Waals surface area contributed by atoms with Crippen molar-refractivity contribution in [1.29, 1.82) is 0 Å². The fourth-order valence-corrected chi connectivity index (χ4v) is 3.26. The number of carbonyl (C=O) groups is 1. The Labute approximate surface area is 134 Å². The first-order valence-corrected chi connectivity index (χ1v) is 7.74. The molecule has 1 atom stereocenters. The van der Waals surface area contributed by atoms with Crippen molar-refractivity contribution in [1.82, 2.24) is 14.7 Å². The van der Waals surface area contributed by atoms with Gasteiger partial charge in [-0.1, -0.05) is 29.8 Å². The molecule has 0 unspecified atom stereocenters. The molecular formula is C16H19ClN4O. The summed E-state index contributed by atoms with van der Waals surface area (Å²) in [5.41, 5.74) is 7.78. The zero-order valence-corrected chi connectivity index (χ0v) is 13.3. The number of hydrogen-bond donors (Lipinski definition) is 1. The lowest BCUT2D eigenvalue weighted by atomic mass is 9.98. The quantitative estimate of drug-likeness (QED) is 0.945. The van der Waals surface area contributed by atoms with Gasteiger partial charge >= 0.3 is 0 Å². The van der Waals surface area contributed by atoms with E-state index in [4.69, 9.17) is 17.3 Å². The molecule has 1 fully saturated rings. The highest BCUT2D eigenvalue weighted by Crippen LogP contribution is 2.32. The second-order valence-corrected chi connectivity index (χ2v) is 6.12. The van der Waals surface area contributed by atoms with E-state index in [1.54, 1.807) is 10.7 Å². The number of aromatic nitrogens is 2. The Morgan fingerprint density at radius 1 is 1.45 bits per heavy atom. The van der Waals surface area contributed by atoms with Crippen LogP contribution in [0.15, 0.2) is 30.3 Å². The first kappa shape index (κ1) is 14.9. The SMILES string of the molecule is Cc1cc(N)n(CC(=O)N2CC[C@@H](c3ccccc3Cl)C2)n1. The summed E-state index contributed by atoms with van der Waals surface area (Å²) in [4.78, 5) is 14.3. The highest BCUT2D eigenvalue weighted by molar-refractivity contribution is 6.31. The number of hydrogen-bond acceptors (Lipinski definition) is 3.